The first kappa shape index (κ1) is 14.1. The molecule has 0 N–H and O–H groups in total. The van der Waals surface area contributed by atoms with E-state index in [0.29, 0.717) is 0 Å². The smallest absolute Gasteiger partial charge is 0.269 e. The zero-order valence-corrected chi connectivity index (χ0v) is 13.0. The van der Waals surface area contributed by atoms with Crippen molar-refractivity contribution in [1.82, 2.24) is 0 Å². The average molecular weight is 387 g/mol. The van der Waals surface area contributed by atoms with Gasteiger partial charge in [0, 0.05) is 25.5 Å². The fourth-order valence-electron chi connectivity index (χ4n) is 1.45. The van der Waals surface area contributed by atoms with Gasteiger partial charge in [0.25, 0.3) is 5.69 Å². The lowest BCUT2D eigenvalue weighted by Gasteiger charge is -2.06. The SMILES string of the molecule is COc1ccc(Sc2ccc([N+](=O)[O-])cc2)c(I)c1. The van der Waals surface area contributed by atoms with Crippen LogP contribution in [0.25, 0.3) is 0 Å². The molecule has 0 atom stereocenters. The molecule has 2 aromatic rings. The fraction of sp³-hybridized carbons (Fsp3) is 0.0769. The number of nitrogens with zero attached hydrogens (tertiary/aromatic N) is 1. The summed E-state index contributed by atoms with van der Waals surface area (Å²) in [7, 11) is 1.63. The Kier molecular flexibility index (Phi) is 4.65. The molecule has 0 aliphatic heterocycles. The highest BCUT2D eigenvalue weighted by Crippen LogP contribution is 2.33. The van der Waals surface area contributed by atoms with Crippen LogP contribution in [0.2, 0.25) is 0 Å². The Hall–Kier alpha value is -1.28. The van der Waals surface area contributed by atoms with E-state index in [1.807, 2.05) is 18.2 Å². The maximum atomic E-state index is 10.6. The number of ether oxygens (including phenoxy) is 1. The van der Waals surface area contributed by atoms with Crippen LogP contribution in [0.3, 0.4) is 0 Å². The van der Waals surface area contributed by atoms with Crippen molar-refractivity contribution in [1.29, 1.82) is 0 Å². The second-order valence-corrected chi connectivity index (χ2v) is 5.93. The summed E-state index contributed by atoms with van der Waals surface area (Å²) in [6, 6.07) is 12.4. The van der Waals surface area contributed by atoms with E-state index < -0.39 is 4.92 Å². The van der Waals surface area contributed by atoms with Gasteiger partial charge in [0.15, 0.2) is 0 Å². The highest BCUT2D eigenvalue weighted by Gasteiger charge is 2.07. The second-order valence-electron chi connectivity index (χ2n) is 3.65. The van der Waals surface area contributed by atoms with Gasteiger partial charge in [-0.2, -0.15) is 0 Å². The Labute approximate surface area is 128 Å². The molecule has 0 aromatic heterocycles. The third kappa shape index (κ3) is 3.60. The second kappa shape index (κ2) is 6.25. The van der Waals surface area contributed by atoms with Gasteiger partial charge in [0.1, 0.15) is 5.75 Å². The van der Waals surface area contributed by atoms with E-state index in [1.54, 1.807) is 31.0 Å². The predicted octanol–water partition coefficient (Wildman–Crippen LogP) is 4.36. The molecule has 0 aliphatic rings. The molecule has 98 valence electrons. The van der Waals surface area contributed by atoms with E-state index in [1.165, 1.54) is 12.1 Å². The van der Waals surface area contributed by atoms with Gasteiger partial charge >= 0.3 is 0 Å². The summed E-state index contributed by atoms with van der Waals surface area (Å²) in [4.78, 5) is 12.2. The first-order valence-electron chi connectivity index (χ1n) is 5.36. The van der Waals surface area contributed by atoms with Gasteiger partial charge in [-0.3, -0.25) is 10.1 Å². The summed E-state index contributed by atoms with van der Waals surface area (Å²) in [5, 5.41) is 10.6. The van der Waals surface area contributed by atoms with Crippen molar-refractivity contribution in [2.45, 2.75) is 9.79 Å². The molecule has 0 saturated carbocycles. The van der Waals surface area contributed by atoms with Gasteiger partial charge in [-0.15, -0.1) is 0 Å². The largest absolute Gasteiger partial charge is 0.497 e. The van der Waals surface area contributed by atoms with Crippen LogP contribution < -0.4 is 4.74 Å². The van der Waals surface area contributed by atoms with Crippen LogP contribution in [0, 0.1) is 13.7 Å². The number of nitro groups is 1. The first-order chi connectivity index (χ1) is 9.10. The number of non-ortho nitro benzene ring substituents is 1. The van der Waals surface area contributed by atoms with Gasteiger partial charge in [0.2, 0.25) is 0 Å². The minimum absolute atomic E-state index is 0.105. The molecule has 6 heteroatoms. The lowest BCUT2D eigenvalue weighted by Crippen LogP contribution is -1.87. The van der Waals surface area contributed by atoms with Crippen LogP contribution in [0.5, 0.6) is 5.75 Å². The Bertz CT molecular complexity index is 601. The fourth-order valence-corrected chi connectivity index (χ4v) is 3.09. The van der Waals surface area contributed by atoms with Gasteiger partial charge < -0.3 is 4.74 Å². The van der Waals surface area contributed by atoms with Crippen LogP contribution in [-0.2, 0) is 0 Å². The third-order valence-electron chi connectivity index (χ3n) is 2.41. The predicted molar refractivity (Wildman–Crippen MR) is 82.9 cm³/mol. The summed E-state index contributed by atoms with van der Waals surface area (Å²) < 4.78 is 6.24. The molecule has 19 heavy (non-hydrogen) atoms. The van der Waals surface area contributed by atoms with Crippen molar-refractivity contribution in [2.75, 3.05) is 7.11 Å². The van der Waals surface area contributed by atoms with E-state index in [2.05, 4.69) is 22.6 Å². The zero-order valence-electron chi connectivity index (χ0n) is 10.00. The van der Waals surface area contributed by atoms with E-state index >= 15 is 0 Å². The van der Waals surface area contributed by atoms with E-state index in [-0.39, 0.29) is 5.69 Å². The lowest BCUT2D eigenvalue weighted by atomic mass is 10.3. The van der Waals surface area contributed by atoms with E-state index in [4.69, 9.17) is 4.74 Å². The summed E-state index contributed by atoms with van der Waals surface area (Å²) >= 11 is 3.81. The maximum absolute atomic E-state index is 10.6. The molecule has 2 rings (SSSR count). The summed E-state index contributed by atoms with van der Waals surface area (Å²) in [5.41, 5.74) is 0.105. The number of halogens is 1. The number of benzene rings is 2. The molecular formula is C13H10INO3S. The Morgan fingerprint density at radius 3 is 2.42 bits per heavy atom. The maximum Gasteiger partial charge on any atom is 0.269 e. The number of rotatable bonds is 4. The van der Waals surface area contributed by atoms with Crippen molar-refractivity contribution in [2.24, 2.45) is 0 Å². The van der Waals surface area contributed by atoms with Crippen molar-refractivity contribution < 1.29 is 9.66 Å². The van der Waals surface area contributed by atoms with Crippen molar-refractivity contribution in [3.8, 4) is 5.75 Å². The van der Waals surface area contributed by atoms with Crippen molar-refractivity contribution in [3.05, 3.63) is 56.1 Å². The molecule has 4 nitrogen and oxygen atoms in total. The van der Waals surface area contributed by atoms with E-state index in [9.17, 15) is 10.1 Å². The Morgan fingerprint density at radius 1 is 1.21 bits per heavy atom. The zero-order chi connectivity index (χ0) is 13.8. The van der Waals surface area contributed by atoms with Crippen LogP contribution in [0.15, 0.2) is 52.3 Å². The highest BCUT2D eigenvalue weighted by molar-refractivity contribution is 14.1. The molecule has 0 aliphatic carbocycles. The lowest BCUT2D eigenvalue weighted by molar-refractivity contribution is -0.384. The first-order valence-corrected chi connectivity index (χ1v) is 7.25. The van der Waals surface area contributed by atoms with Gasteiger partial charge in [0.05, 0.1) is 12.0 Å². The molecule has 0 heterocycles. The summed E-state index contributed by atoms with van der Waals surface area (Å²) in [6.45, 7) is 0. The molecule has 0 spiro atoms. The molecule has 2 aromatic carbocycles. The molecule has 0 bridgehead atoms. The van der Waals surface area contributed by atoms with Crippen molar-refractivity contribution in [3.63, 3.8) is 0 Å². The molecule has 0 saturated heterocycles. The molecular weight excluding hydrogens is 377 g/mol. The van der Waals surface area contributed by atoms with Crippen LogP contribution in [0.4, 0.5) is 5.69 Å². The number of hydrogen-bond donors (Lipinski definition) is 0. The third-order valence-corrected chi connectivity index (χ3v) is 4.76. The molecule has 0 radical (unpaired) electrons. The summed E-state index contributed by atoms with van der Waals surface area (Å²) in [6.07, 6.45) is 0. The monoisotopic (exact) mass is 387 g/mol. The average Bonchev–Trinajstić information content (AvgIpc) is 2.41. The molecule has 0 amide bonds. The quantitative estimate of drug-likeness (QED) is 0.445. The van der Waals surface area contributed by atoms with Crippen LogP contribution in [0.1, 0.15) is 0 Å². The van der Waals surface area contributed by atoms with Crippen LogP contribution in [-0.4, -0.2) is 12.0 Å². The highest BCUT2D eigenvalue weighted by atomic mass is 127. The number of nitro benzene ring substituents is 1. The van der Waals surface area contributed by atoms with Gasteiger partial charge in [-0.1, -0.05) is 11.8 Å². The normalized spacial score (nSPS) is 10.2. The Balaban J connectivity index is 2.19. The summed E-state index contributed by atoms with van der Waals surface area (Å²) in [5.74, 6) is 0.817. The van der Waals surface area contributed by atoms with Crippen molar-refractivity contribution >= 4 is 40.0 Å². The standard InChI is InChI=1S/C13H10INO3S/c1-18-10-4-7-13(12(14)8-10)19-11-5-2-9(3-6-11)15(16)17/h2-8H,1H3. The number of methoxy groups -OCH3 is 1. The molecule has 0 fully saturated rings. The number of hydrogen-bond acceptors (Lipinski definition) is 4. The minimum Gasteiger partial charge on any atom is -0.497 e. The van der Waals surface area contributed by atoms with Gasteiger partial charge in [-0.25, -0.2) is 0 Å². The van der Waals surface area contributed by atoms with Gasteiger partial charge in [-0.05, 0) is 52.9 Å². The topological polar surface area (TPSA) is 52.4 Å². The Morgan fingerprint density at radius 2 is 1.89 bits per heavy atom. The molecule has 0 unspecified atom stereocenters. The van der Waals surface area contributed by atoms with Crippen LogP contribution >= 0.6 is 34.4 Å². The van der Waals surface area contributed by atoms with E-state index in [0.717, 1.165) is 19.1 Å². The minimum atomic E-state index is -0.397.